The summed E-state index contributed by atoms with van der Waals surface area (Å²) in [6.45, 7) is 5.70. The molecule has 0 aliphatic heterocycles. The minimum Gasteiger partial charge on any atom is -0.489 e. The van der Waals surface area contributed by atoms with E-state index in [0.717, 1.165) is 40.8 Å². The van der Waals surface area contributed by atoms with Crippen LogP contribution in [0.25, 0.3) is 0 Å². The van der Waals surface area contributed by atoms with Gasteiger partial charge in [-0.25, -0.2) is 4.79 Å². The monoisotopic (exact) mass is 489 g/mol. The summed E-state index contributed by atoms with van der Waals surface area (Å²) in [7, 11) is 1.55. The number of allylic oxidation sites excluding steroid dienone is 2. The lowest BCUT2D eigenvalue weighted by Gasteiger charge is -2.32. The molecule has 36 heavy (non-hydrogen) atoms. The van der Waals surface area contributed by atoms with Gasteiger partial charge in [-0.15, -0.1) is 0 Å². The van der Waals surface area contributed by atoms with Crippen molar-refractivity contribution in [1.29, 1.82) is 0 Å². The SMILES string of the molecule is CON=C(c1ccc(OCc2c(C)cccc2C2(C(=O)O)C=CC(C)=C(C(=O)O)C2)c(C)c1)C1CC1. The molecule has 188 valence electrons. The first-order chi connectivity index (χ1) is 17.2. The highest BCUT2D eigenvalue weighted by Crippen LogP contribution is 2.41. The van der Waals surface area contributed by atoms with Gasteiger partial charge in [0.05, 0.1) is 5.71 Å². The van der Waals surface area contributed by atoms with Crippen LogP contribution in [0, 0.1) is 19.8 Å². The summed E-state index contributed by atoms with van der Waals surface area (Å²) in [4.78, 5) is 29.5. The van der Waals surface area contributed by atoms with Crippen LogP contribution in [-0.4, -0.2) is 35.0 Å². The van der Waals surface area contributed by atoms with Crippen LogP contribution in [0.3, 0.4) is 0 Å². The van der Waals surface area contributed by atoms with Gasteiger partial charge in [-0.3, -0.25) is 4.79 Å². The van der Waals surface area contributed by atoms with E-state index in [9.17, 15) is 19.8 Å². The van der Waals surface area contributed by atoms with Gasteiger partial charge in [0.1, 0.15) is 24.9 Å². The van der Waals surface area contributed by atoms with Crippen molar-refractivity contribution in [3.63, 3.8) is 0 Å². The number of hydrogen-bond donors (Lipinski definition) is 2. The third-order valence-corrected chi connectivity index (χ3v) is 7.08. The summed E-state index contributed by atoms with van der Waals surface area (Å²) in [6.07, 6.45) is 5.27. The van der Waals surface area contributed by atoms with Crippen molar-refractivity contribution in [2.24, 2.45) is 11.1 Å². The van der Waals surface area contributed by atoms with Crippen molar-refractivity contribution >= 4 is 17.7 Å². The van der Waals surface area contributed by atoms with Crippen molar-refractivity contribution < 1.29 is 29.4 Å². The van der Waals surface area contributed by atoms with E-state index in [4.69, 9.17) is 9.57 Å². The first kappa shape index (κ1) is 25.2. The van der Waals surface area contributed by atoms with Crippen LogP contribution >= 0.6 is 0 Å². The Bertz CT molecular complexity index is 1300. The van der Waals surface area contributed by atoms with Gasteiger partial charge in [-0.1, -0.05) is 35.5 Å². The molecule has 2 aliphatic rings. The number of hydrogen-bond acceptors (Lipinski definition) is 5. The molecule has 0 radical (unpaired) electrons. The van der Waals surface area contributed by atoms with E-state index in [1.807, 2.05) is 38.1 Å². The highest BCUT2D eigenvalue weighted by Gasteiger charge is 2.43. The smallest absolute Gasteiger partial charge is 0.331 e. The maximum absolute atomic E-state index is 12.6. The third kappa shape index (κ3) is 4.78. The van der Waals surface area contributed by atoms with Crippen LogP contribution in [0.4, 0.5) is 0 Å². The lowest BCUT2D eigenvalue weighted by molar-refractivity contribution is -0.142. The Hall–Kier alpha value is -3.87. The Morgan fingerprint density at radius 1 is 1.08 bits per heavy atom. The van der Waals surface area contributed by atoms with Crippen LogP contribution in [-0.2, 0) is 26.4 Å². The van der Waals surface area contributed by atoms with Gasteiger partial charge in [-0.05, 0) is 79.6 Å². The molecule has 1 fully saturated rings. The number of carboxylic acid groups (broad SMARTS) is 2. The number of aliphatic carboxylic acids is 2. The second-order valence-electron chi connectivity index (χ2n) is 9.56. The molecule has 7 nitrogen and oxygen atoms in total. The van der Waals surface area contributed by atoms with E-state index >= 15 is 0 Å². The van der Waals surface area contributed by atoms with Gasteiger partial charge in [-0.2, -0.15) is 0 Å². The predicted octanol–water partition coefficient (Wildman–Crippen LogP) is 5.33. The molecule has 1 unspecified atom stereocenters. The van der Waals surface area contributed by atoms with Crippen LogP contribution in [0.5, 0.6) is 5.75 Å². The summed E-state index contributed by atoms with van der Waals surface area (Å²) < 4.78 is 6.21. The fraction of sp³-hybridized carbons (Fsp3) is 0.345. The molecule has 7 heteroatoms. The molecular weight excluding hydrogens is 458 g/mol. The number of carboxylic acids is 2. The highest BCUT2D eigenvalue weighted by molar-refractivity contribution is 6.03. The maximum atomic E-state index is 12.6. The quantitative estimate of drug-likeness (QED) is 0.365. The number of nitrogens with zero attached hydrogens (tertiary/aromatic N) is 1. The van der Waals surface area contributed by atoms with Gasteiger partial charge < -0.3 is 19.8 Å². The average molecular weight is 490 g/mol. The molecular formula is C29H31NO6. The Kier molecular flexibility index (Phi) is 7.02. The first-order valence-corrected chi connectivity index (χ1v) is 12.0. The number of benzene rings is 2. The van der Waals surface area contributed by atoms with E-state index in [1.165, 1.54) is 0 Å². The van der Waals surface area contributed by atoms with Gasteiger partial charge >= 0.3 is 11.9 Å². The summed E-state index contributed by atoms with van der Waals surface area (Å²) in [5.74, 6) is -1.09. The molecule has 2 aliphatic carbocycles. The number of ether oxygens (including phenoxy) is 1. The molecule has 2 N–H and O–H groups in total. The summed E-state index contributed by atoms with van der Waals surface area (Å²) >= 11 is 0. The lowest BCUT2D eigenvalue weighted by atomic mass is 9.69. The lowest BCUT2D eigenvalue weighted by Crippen LogP contribution is -2.38. The molecule has 2 aromatic carbocycles. The van der Waals surface area contributed by atoms with E-state index in [0.29, 0.717) is 22.8 Å². The summed E-state index contributed by atoms with van der Waals surface area (Å²) in [5, 5.41) is 24.2. The van der Waals surface area contributed by atoms with Crippen LogP contribution < -0.4 is 4.74 Å². The normalized spacial score (nSPS) is 19.8. The number of rotatable bonds is 9. The van der Waals surface area contributed by atoms with Crippen LogP contribution in [0.1, 0.15) is 54.0 Å². The summed E-state index contributed by atoms with van der Waals surface area (Å²) in [5.41, 5.74) is 4.19. The van der Waals surface area contributed by atoms with Crippen LogP contribution in [0.15, 0.2) is 64.9 Å². The van der Waals surface area contributed by atoms with Crippen molar-refractivity contribution in [3.05, 3.63) is 87.5 Å². The van der Waals surface area contributed by atoms with Gasteiger partial charge in [0.15, 0.2) is 0 Å². The van der Waals surface area contributed by atoms with Crippen molar-refractivity contribution in [1.82, 2.24) is 0 Å². The van der Waals surface area contributed by atoms with E-state index in [1.54, 1.807) is 38.3 Å². The minimum atomic E-state index is -1.49. The average Bonchev–Trinajstić information content (AvgIpc) is 3.68. The second kappa shape index (κ2) is 10.0. The largest absolute Gasteiger partial charge is 0.489 e. The zero-order valence-electron chi connectivity index (χ0n) is 21.0. The molecule has 0 aromatic heterocycles. The number of aryl methyl sites for hydroxylation is 2. The molecule has 1 saturated carbocycles. The van der Waals surface area contributed by atoms with Crippen molar-refractivity contribution in [3.8, 4) is 5.75 Å². The Labute approximate surface area is 210 Å². The number of oxime groups is 1. The molecule has 1 atom stereocenters. The van der Waals surface area contributed by atoms with Gasteiger partial charge in [0, 0.05) is 23.5 Å². The zero-order valence-corrected chi connectivity index (χ0v) is 21.0. The maximum Gasteiger partial charge on any atom is 0.331 e. The Morgan fingerprint density at radius 3 is 2.44 bits per heavy atom. The summed E-state index contributed by atoms with van der Waals surface area (Å²) in [6, 6.07) is 11.4. The molecule has 0 heterocycles. The third-order valence-electron chi connectivity index (χ3n) is 7.08. The van der Waals surface area contributed by atoms with Gasteiger partial charge in [0.2, 0.25) is 0 Å². The Morgan fingerprint density at radius 2 is 1.83 bits per heavy atom. The molecule has 0 saturated heterocycles. The van der Waals surface area contributed by atoms with Crippen LogP contribution in [0.2, 0.25) is 0 Å². The zero-order chi connectivity index (χ0) is 26.0. The standard InChI is InChI=1S/C29H31NO6/c1-17-6-5-7-24(29(28(33)34)13-12-18(2)22(15-29)27(31)32)23(17)16-36-25-11-10-21(14-19(25)3)26(30-35-4)20-8-9-20/h5-7,10-14,20H,8-9,15-16H2,1-4H3,(H,31,32)(H,33,34). The van der Waals surface area contributed by atoms with E-state index in [-0.39, 0.29) is 18.6 Å². The minimum absolute atomic E-state index is 0.101. The molecule has 0 amide bonds. The molecule has 4 rings (SSSR count). The van der Waals surface area contributed by atoms with Gasteiger partial charge in [0.25, 0.3) is 0 Å². The predicted molar refractivity (Wildman–Crippen MR) is 136 cm³/mol. The molecule has 0 spiro atoms. The highest BCUT2D eigenvalue weighted by atomic mass is 16.6. The fourth-order valence-corrected chi connectivity index (χ4v) is 4.79. The van der Waals surface area contributed by atoms with E-state index < -0.39 is 17.4 Å². The number of carbonyl (C=O) groups is 2. The van der Waals surface area contributed by atoms with Crippen molar-refractivity contribution in [2.75, 3.05) is 7.11 Å². The molecule has 0 bridgehead atoms. The van der Waals surface area contributed by atoms with E-state index in [2.05, 4.69) is 5.16 Å². The first-order valence-electron chi connectivity index (χ1n) is 12.0. The Balaban J connectivity index is 1.65. The fourth-order valence-electron chi connectivity index (χ4n) is 4.79. The topological polar surface area (TPSA) is 105 Å². The molecule has 2 aromatic rings. The van der Waals surface area contributed by atoms with Crippen molar-refractivity contribution in [2.45, 2.75) is 52.1 Å². The second-order valence-corrected chi connectivity index (χ2v) is 9.56.